The fourth-order valence-electron chi connectivity index (χ4n) is 3.95. The highest BCUT2D eigenvalue weighted by atomic mass is 16.3. The second kappa shape index (κ2) is 10.4. The molecular weight excluding hydrogens is 408 g/mol. The molecular formula is C23H32N6O3. The van der Waals surface area contributed by atoms with Gasteiger partial charge < -0.3 is 31.2 Å². The number of aliphatic hydroxyl groups excluding tert-OH is 1. The highest BCUT2D eigenvalue weighted by Gasteiger charge is 2.33. The number of benzene rings is 1. The topological polar surface area (TPSA) is 120 Å². The van der Waals surface area contributed by atoms with E-state index in [-0.39, 0.29) is 18.8 Å². The zero-order valence-electron chi connectivity index (χ0n) is 18.9. The van der Waals surface area contributed by atoms with Gasteiger partial charge in [0.05, 0.1) is 35.6 Å². The summed E-state index contributed by atoms with van der Waals surface area (Å²) in [5.41, 5.74) is 5.01. The smallest absolute Gasteiger partial charge is 0.150 e. The fourth-order valence-corrected chi connectivity index (χ4v) is 3.95. The van der Waals surface area contributed by atoms with E-state index < -0.39 is 12.0 Å². The number of hydrogen-bond acceptors (Lipinski definition) is 8. The number of aliphatic hydroxyl groups is 1. The molecule has 1 aromatic heterocycles. The lowest BCUT2D eigenvalue weighted by molar-refractivity contribution is -0.111. The van der Waals surface area contributed by atoms with Gasteiger partial charge in [-0.05, 0) is 50.7 Å². The third kappa shape index (κ3) is 5.35. The van der Waals surface area contributed by atoms with Crippen LogP contribution >= 0.6 is 0 Å². The summed E-state index contributed by atoms with van der Waals surface area (Å²) in [6.07, 6.45) is 4.31. The molecule has 9 nitrogen and oxygen atoms in total. The molecule has 0 amide bonds. The van der Waals surface area contributed by atoms with Crippen molar-refractivity contribution in [1.82, 2.24) is 20.4 Å². The van der Waals surface area contributed by atoms with E-state index in [0.717, 1.165) is 40.9 Å². The van der Waals surface area contributed by atoms with Gasteiger partial charge in [0.2, 0.25) is 0 Å². The van der Waals surface area contributed by atoms with Crippen LogP contribution in [-0.2, 0) is 11.3 Å². The van der Waals surface area contributed by atoms with E-state index in [2.05, 4.69) is 26.4 Å². The second-order valence-corrected chi connectivity index (χ2v) is 8.20. The van der Waals surface area contributed by atoms with Gasteiger partial charge in [0.1, 0.15) is 18.7 Å². The number of fused-ring (bicyclic) bond motifs is 1. The molecule has 1 aliphatic rings. The Morgan fingerprint density at radius 2 is 1.91 bits per heavy atom. The highest BCUT2D eigenvalue weighted by Crippen LogP contribution is 2.34. The van der Waals surface area contributed by atoms with Gasteiger partial charge in [-0.1, -0.05) is 6.08 Å². The zero-order valence-corrected chi connectivity index (χ0v) is 18.9. The maximum atomic E-state index is 12.1. The summed E-state index contributed by atoms with van der Waals surface area (Å²) in [4.78, 5) is 23.4. The summed E-state index contributed by atoms with van der Waals surface area (Å²) < 4.78 is 1.78. The molecule has 0 radical (unpaired) electrons. The van der Waals surface area contributed by atoms with Crippen LogP contribution in [0.3, 0.4) is 0 Å². The molecule has 0 saturated carbocycles. The van der Waals surface area contributed by atoms with Crippen molar-refractivity contribution in [3.05, 3.63) is 53.0 Å². The van der Waals surface area contributed by atoms with Gasteiger partial charge in [-0.3, -0.25) is 9.48 Å². The number of rotatable bonds is 11. The summed E-state index contributed by atoms with van der Waals surface area (Å²) in [7, 11) is 1.78. The molecule has 4 atom stereocenters. The van der Waals surface area contributed by atoms with Crippen molar-refractivity contribution in [3.8, 4) is 0 Å². The van der Waals surface area contributed by atoms with Crippen LogP contribution in [0.4, 0.5) is 11.4 Å². The Balaban J connectivity index is 1.69. The molecule has 0 aliphatic carbocycles. The van der Waals surface area contributed by atoms with Crippen molar-refractivity contribution in [2.24, 2.45) is 5.92 Å². The first-order chi connectivity index (χ1) is 15.4. The van der Waals surface area contributed by atoms with E-state index in [9.17, 15) is 14.7 Å². The molecule has 1 aromatic carbocycles. The fraction of sp³-hybridized carbons (Fsp3) is 0.435. The molecule has 4 unspecified atom stereocenters. The van der Waals surface area contributed by atoms with Crippen LogP contribution in [0.15, 0.2) is 30.5 Å². The number of anilines is 2. The minimum absolute atomic E-state index is 0.287. The second-order valence-electron chi connectivity index (χ2n) is 8.20. The van der Waals surface area contributed by atoms with Crippen molar-refractivity contribution < 1.29 is 14.7 Å². The minimum Gasteiger partial charge on any atom is -0.394 e. The lowest BCUT2D eigenvalue weighted by atomic mass is 9.97. The zero-order chi connectivity index (χ0) is 23.3. The van der Waals surface area contributed by atoms with Crippen LogP contribution in [-0.4, -0.2) is 59.4 Å². The summed E-state index contributed by atoms with van der Waals surface area (Å²) in [6, 6.07) is 5.31. The Bertz CT molecular complexity index is 986. The van der Waals surface area contributed by atoms with E-state index in [4.69, 9.17) is 0 Å². The Kier molecular flexibility index (Phi) is 7.66. The maximum Gasteiger partial charge on any atom is 0.150 e. The number of carbonyl (C=O) groups excluding carboxylic acids is 2. The number of hydrogen-bond donors (Lipinski definition) is 5. The molecule has 0 saturated heterocycles. The maximum absolute atomic E-state index is 12.1. The molecule has 0 spiro atoms. The van der Waals surface area contributed by atoms with Crippen LogP contribution in [0.1, 0.15) is 27.3 Å². The lowest BCUT2D eigenvalue weighted by Crippen LogP contribution is -2.48. The van der Waals surface area contributed by atoms with Crippen LogP contribution in [0.5, 0.6) is 0 Å². The predicted octanol–water partition coefficient (Wildman–Crippen LogP) is 1.35. The lowest BCUT2D eigenvalue weighted by Gasteiger charge is -2.28. The van der Waals surface area contributed by atoms with E-state index >= 15 is 0 Å². The van der Waals surface area contributed by atoms with Crippen LogP contribution in [0.25, 0.3) is 0 Å². The molecule has 0 bridgehead atoms. The number of aryl methyl sites for hydroxylation is 3. The molecule has 2 aromatic rings. The van der Waals surface area contributed by atoms with Crippen molar-refractivity contribution in [3.63, 3.8) is 0 Å². The molecule has 2 heterocycles. The normalized spacial score (nSPS) is 17.8. The summed E-state index contributed by atoms with van der Waals surface area (Å²) >= 11 is 0. The number of nitrogens with one attached hydrogen (secondary N) is 4. The standard InChI is InChI=1S/C23H32N6O3/c1-14-7-21-22(9-17(14)12-30)27-23(26-21)19(13-31)20(5-6-24-4)25-10-18(32)11-29-16(3)8-15(2)28-29/h5-9,12-13,18-20,23-27,32H,10-11H2,1-4H3/b6-5-. The highest BCUT2D eigenvalue weighted by molar-refractivity contribution is 5.86. The van der Waals surface area contributed by atoms with Gasteiger partial charge in [0.25, 0.3) is 0 Å². The van der Waals surface area contributed by atoms with Crippen molar-refractivity contribution in [2.75, 3.05) is 24.2 Å². The van der Waals surface area contributed by atoms with E-state index in [1.165, 1.54) is 0 Å². The van der Waals surface area contributed by atoms with Gasteiger partial charge in [-0.2, -0.15) is 5.10 Å². The average molecular weight is 441 g/mol. The third-order valence-electron chi connectivity index (χ3n) is 5.66. The minimum atomic E-state index is -0.676. The van der Waals surface area contributed by atoms with Gasteiger partial charge in [0.15, 0.2) is 0 Å². The summed E-state index contributed by atoms with van der Waals surface area (Å²) in [5.74, 6) is -0.479. The Hall–Kier alpha value is -3.17. The Labute approximate surface area is 188 Å². The van der Waals surface area contributed by atoms with Crippen LogP contribution < -0.4 is 21.3 Å². The number of aldehydes is 2. The molecule has 5 N–H and O–H groups in total. The predicted molar refractivity (Wildman–Crippen MR) is 125 cm³/mol. The number of carbonyl (C=O) groups is 2. The van der Waals surface area contributed by atoms with Gasteiger partial charge >= 0.3 is 0 Å². The number of aromatic nitrogens is 2. The Morgan fingerprint density at radius 3 is 2.50 bits per heavy atom. The first kappa shape index (κ1) is 23.5. The average Bonchev–Trinajstić information content (AvgIpc) is 3.30. The molecule has 32 heavy (non-hydrogen) atoms. The molecule has 1 aliphatic heterocycles. The van der Waals surface area contributed by atoms with Crippen molar-refractivity contribution in [2.45, 2.75) is 45.6 Å². The first-order valence-corrected chi connectivity index (χ1v) is 10.7. The monoisotopic (exact) mass is 440 g/mol. The van der Waals surface area contributed by atoms with E-state index in [1.807, 2.05) is 39.0 Å². The van der Waals surface area contributed by atoms with Crippen LogP contribution in [0.2, 0.25) is 0 Å². The largest absolute Gasteiger partial charge is 0.394 e. The van der Waals surface area contributed by atoms with Gasteiger partial charge in [0, 0.05) is 30.9 Å². The van der Waals surface area contributed by atoms with Crippen LogP contribution in [0, 0.1) is 26.7 Å². The van der Waals surface area contributed by atoms with E-state index in [0.29, 0.717) is 12.1 Å². The Morgan fingerprint density at radius 1 is 1.19 bits per heavy atom. The molecule has 172 valence electrons. The van der Waals surface area contributed by atoms with Crippen molar-refractivity contribution in [1.29, 1.82) is 0 Å². The summed E-state index contributed by atoms with van der Waals surface area (Å²) in [5, 5.41) is 27.8. The van der Waals surface area contributed by atoms with Gasteiger partial charge in [-0.25, -0.2) is 0 Å². The number of nitrogens with zero attached hydrogens (tertiary/aromatic N) is 2. The van der Waals surface area contributed by atoms with Crippen molar-refractivity contribution >= 4 is 23.9 Å². The molecule has 3 rings (SSSR count). The first-order valence-electron chi connectivity index (χ1n) is 10.7. The summed E-state index contributed by atoms with van der Waals surface area (Å²) in [6.45, 7) is 6.39. The SMILES string of the molecule is CN/C=C\C(NCC(O)Cn1nc(C)cc1C)C(C=O)C1Nc2cc(C)c(C=O)cc2N1. The molecule has 9 heteroatoms. The van der Waals surface area contributed by atoms with E-state index in [1.54, 1.807) is 24.0 Å². The quantitative estimate of drug-likeness (QED) is 0.332. The third-order valence-corrected chi connectivity index (χ3v) is 5.66. The molecule has 0 fully saturated rings. The van der Waals surface area contributed by atoms with Gasteiger partial charge in [-0.15, -0.1) is 0 Å².